The molecule has 0 saturated carbocycles. The van der Waals surface area contributed by atoms with E-state index in [9.17, 15) is 9.18 Å². The molecule has 0 unspecified atom stereocenters. The molecule has 0 amide bonds. The minimum Gasteiger partial charge on any atom is -0.465 e. The predicted molar refractivity (Wildman–Crippen MR) is 147 cm³/mol. The van der Waals surface area contributed by atoms with Gasteiger partial charge >= 0.3 is 5.97 Å². The third kappa shape index (κ3) is 5.70. The SMILES string of the molecule is COC(=O)c1ccc2nc(CN3CCC(c4ccn(OCc5ccc(Cl)cc5F)n4)CC3)n(C[C@@H]3CCO3)c2c1. The van der Waals surface area contributed by atoms with Gasteiger partial charge in [-0.3, -0.25) is 4.90 Å². The minimum absolute atomic E-state index is 0.0661. The molecular weight excluding hydrogens is 537 g/mol. The van der Waals surface area contributed by atoms with Crippen LogP contribution in [0.15, 0.2) is 48.7 Å². The number of aromatic nitrogens is 4. The molecule has 0 aliphatic carbocycles. The van der Waals surface area contributed by atoms with Crippen LogP contribution in [0.2, 0.25) is 5.02 Å². The number of halogens is 2. The maximum absolute atomic E-state index is 14.0. The number of hydrogen-bond acceptors (Lipinski definition) is 7. The summed E-state index contributed by atoms with van der Waals surface area (Å²) in [4.78, 5) is 26.5. The van der Waals surface area contributed by atoms with Crippen molar-refractivity contribution in [1.29, 1.82) is 0 Å². The summed E-state index contributed by atoms with van der Waals surface area (Å²) in [6.07, 6.45) is 4.87. The van der Waals surface area contributed by atoms with E-state index in [2.05, 4.69) is 14.6 Å². The van der Waals surface area contributed by atoms with Gasteiger partial charge in [0.1, 0.15) is 18.2 Å². The van der Waals surface area contributed by atoms with Crippen molar-refractivity contribution in [3.63, 3.8) is 0 Å². The molecule has 0 N–H and O–H groups in total. The Labute approximate surface area is 236 Å². The van der Waals surface area contributed by atoms with Gasteiger partial charge in [0.2, 0.25) is 0 Å². The molecule has 9 nitrogen and oxygen atoms in total. The van der Waals surface area contributed by atoms with E-state index in [0.29, 0.717) is 35.2 Å². The van der Waals surface area contributed by atoms with Crippen molar-refractivity contribution < 1.29 is 23.5 Å². The number of likely N-dealkylation sites (tertiary alicyclic amines) is 1. The number of carbonyl (C=O) groups excluding carboxylic acids is 1. The number of ether oxygens (including phenoxy) is 2. The van der Waals surface area contributed by atoms with Gasteiger partial charge in [-0.15, -0.1) is 9.94 Å². The highest BCUT2D eigenvalue weighted by Crippen LogP contribution is 2.29. The fourth-order valence-corrected chi connectivity index (χ4v) is 5.50. The van der Waals surface area contributed by atoms with Gasteiger partial charge in [-0.2, -0.15) is 0 Å². The van der Waals surface area contributed by atoms with Crippen molar-refractivity contribution in [2.24, 2.45) is 0 Å². The van der Waals surface area contributed by atoms with Gasteiger partial charge in [-0.25, -0.2) is 14.2 Å². The fourth-order valence-electron chi connectivity index (χ4n) is 5.35. The molecule has 1 atom stereocenters. The van der Waals surface area contributed by atoms with Crippen LogP contribution in [0.5, 0.6) is 0 Å². The third-order valence-corrected chi connectivity index (χ3v) is 7.99. The predicted octanol–water partition coefficient (Wildman–Crippen LogP) is 4.61. The van der Waals surface area contributed by atoms with Crippen molar-refractivity contribution in [2.75, 3.05) is 26.8 Å². The highest BCUT2D eigenvalue weighted by atomic mass is 35.5. The third-order valence-electron chi connectivity index (χ3n) is 7.75. The van der Waals surface area contributed by atoms with E-state index in [-0.39, 0.29) is 18.7 Å². The lowest BCUT2D eigenvalue weighted by atomic mass is 9.94. The molecule has 0 bridgehead atoms. The minimum atomic E-state index is -0.398. The van der Waals surface area contributed by atoms with Crippen LogP contribution in [-0.4, -0.2) is 63.3 Å². The van der Waals surface area contributed by atoms with E-state index >= 15 is 0 Å². The number of nitrogens with zero attached hydrogens (tertiary/aromatic N) is 5. The summed E-state index contributed by atoms with van der Waals surface area (Å²) in [7, 11) is 1.39. The van der Waals surface area contributed by atoms with E-state index in [0.717, 1.165) is 61.5 Å². The summed E-state index contributed by atoms with van der Waals surface area (Å²) in [6.45, 7) is 4.09. The van der Waals surface area contributed by atoms with Crippen LogP contribution in [0.25, 0.3) is 11.0 Å². The Balaban J connectivity index is 1.09. The monoisotopic (exact) mass is 567 g/mol. The summed E-state index contributed by atoms with van der Waals surface area (Å²) in [5.41, 5.74) is 3.69. The first-order chi connectivity index (χ1) is 19.5. The number of benzene rings is 2. The van der Waals surface area contributed by atoms with Gasteiger partial charge in [0.15, 0.2) is 0 Å². The first kappa shape index (κ1) is 26.7. The number of rotatable bonds is 9. The lowest BCUT2D eigenvalue weighted by Gasteiger charge is -2.32. The zero-order chi connectivity index (χ0) is 27.6. The molecule has 2 saturated heterocycles. The van der Waals surface area contributed by atoms with Crippen molar-refractivity contribution in [3.05, 3.63) is 82.1 Å². The molecule has 2 aliphatic heterocycles. The van der Waals surface area contributed by atoms with Crippen molar-refractivity contribution >= 4 is 28.6 Å². The summed E-state index contributed by atoms with van der Waals surface area (Å²) in [5, 5.41) is 4.94. The lowest BCUT2D eigenvalue weighted by Crippen LogP contribution is -2.35. The molecule has 6 rings (SSSR count). The quantitative estimate of drug-likeness (QED) is 0.273. The fraction of sp³-hybridized carbons (Fsp3) is 0.414. The average Bonchev–Trinajstić information content (AvgIpc) is 3.54. The molecule has 11 heteroatoms. The summed E-state index contributed by atoms with van der Waals surface area (Å²) in [5.74, 6) is 0.532. The maximum Gasteiger partial charge on any atom is 0.337 e. The highest BCUT2D eigenvalue weighted by Gasteiger charge is 2.26. The van der Waals surface area contributed by atoms with E-state index in [1.807, 2.05) is 18.2 Å². The second-order valence-corrected chi connectivity index (χ2v) is 10.8. The van der Waals surface area contributed by atoms with E-state index in [1.165, 1.54) is 18.0 Å². The molecule has 2 fully saturated rings. The van der Waals surface area contributed by atoms with Crippen LogP contribution in [0.4, 0.5) is 4.39 Å². The van der Waals surface area contributed by atoms with Crippen LogP contribution >= 0.6 is 11.6 Å². The van der Waals surface area contributed by atoms with Crippen LogP contribution in [-0.2, 0) is 29.2 Å². The molecule has 2 aromatic heterocycles. The van der Waals surface area contributed by atoms with Crippen molar-refractivity contribution in [3.8, 4) is 0 Å². The Morgan fingerprint density at radius 1 is 1.15 bits per heavy atom. The molecule has 2 aliphatic rings. The van der Waals surface area contributed by atoms with Gasteiger partial charge in [0, 0.05) is 23.1 Å². The molecule has 2 aromatic carbocycles. The first-order valence-corrected chi connectivity index (χ1v) is 13.9. The second-order valence-electron chi connectivity index (χ2n) is 10.3. The van der Waals surface area contributed by atoms with E-state index < -0.39 is 5.82 Å². The van der Waals surface area contributed by atoms with E-state index in [1.54, 1.807) is 24.4 Å². The standard InChI is InChI=1S/C29H31ClFN5O4/c1-38-29(37)20-3-5-26-27(14-20)35(16-23-9-13-39-23)28(32-26)17-34-10-6-19(7-11-34)25-8-12-36(33-25)40-18-21-2-4-22(30)15-24(21)31/h2-5,8,12,14-15,19,23H,6-7,9-11,13,16-18H2,1H3/t23-/m0/s1. The summed E-state index contributed by atoms with van der Waals surface area (Å²) < 4.78 is 26.9. The topological polar surface area (TPSA) is 83.6 Å². The van der Waals surface area contributed by atoms with E-state index in [4.69, 9.17) is 30.9 Å². The number of hydrogen-bond donors (Lipinski definition) is 0. The van der Waals surface area contributed by atoms with Crippen molar-refractivity contribution in [2.45, 2.75) is 51.0 Å². The first-order valence-electron chi connectivity index (χ1n) is 13.5. The van der Waals surface area contributed by atoms with Crippen LogP contribution in [0.3, 0.4) is 0 Å². The van der Waals surface area contributed by atoms with Gasteiger partial charge in [-0.1, -0.05) is 17.7 Å². The number of imidazole rings is 1. The number of carbonyl (C=O) groups is 1. The number of fused-ring (bicyclic) bond motifs is 1. The molecule has 0 spiro atoms. The van der Waals surface area contributed by atoms with Crippen molar-refractivity contribution in [1.82, 2.24) is 24.4 Å². The van der Waals surface area contributed by atoms with Gasteiger partial charge < -0.3 is 18.9 Å². The largest absolute Gasteiger partial charge is 0.465 e. The summed E-state index contributed by atoms with van der Waals surface area (Å²) in [6, 6.07) is 12.0. The Kier molecular flexibility index (Phi) is 7.73. The molecule has 4 heterocycles. The normalized spacial score (nSPS) is 18.1. The number of esters is 1. The number of piperidine rings is 1. The highest BCUT2D eigenvalue weighted by molar-refractivity contribution is 6.30. The molecule has 0 radical (unpaired) electrons. The second kappa shape index (κ2) is 11.6. The smallest absolute Gasteiger partial charge is 0.337 e. The maximum atomic E-state index is 14.0. The number of methoxy groups -OCH3 is 1. The zero-order valence-corrected chi connectivity index (χ0v) is 23.0. The molecule has 40 heavy (non-hydrogen) atoms. The molecule has 4 aromatic rings. The Morgan fingerprint density at radius 2 is 1.98 bits per heavy atom. The van der Waals surface area contributed by atoms with Crippen LogP contribution in [0.1, 0.15) is 52.6 Å². The van der Waals surface area contributed by atoms with Gasteiger partial charge in [-0.05, 0) is 68.8 Å². The lowest BCUT2D eigenvalue weighted by molar-refractivity contribution is -0.0592. The van der Waals surface area contributed by atoms with Gasteiger partial charge in [0.05, 0.1) is 54.8 Å². The Hall–Kier alpha value is -3.47. The molecule has 210 valence electrons. The van der Waals surface area contributed by atoms with Crippen LogP contribution < -0.4 is 4.84 Å². The average molecular weight is 568 g/mol. The molecular formula is C29H31ClFN5O4. The van der Waals surface area contributed by atoms with Gasteiger partial charge in [0.25, 0.3) is 0 Å². The zero-order valence-electron chi connectivity index (χ0n) is 22.3. The Bertz CT molecular complexity index is 1510. The summed E-state index contributed by atoms with van der Waals surface area (Å²) >= 11 is 5.83. The van der Waals surface area contributed by atoms with Crippen LogP contribution in [0, 0.1) is 5.82 Å². The Morgan fingerprint density at radius 3 is 2.70 bits per heavy atom.